The smallest absolute Gasteiger partial charge is 0.0387 e. The highest BCUT2D eigenvalue weighted by Crippen LogP contribution is 2.25. The Hall–Kier alpha value is -5.22. The van der Waals surface area contributed by atoms with Crippen LogP contribution in [0.5, 0.6) is 0 Å². The zero-order chi connectivity index (χ0) is 38.5. The summed E-state index contributed by atoms with van der Waals surface area (Å²) in [6.45, 7) is 25.1. The van der Waals surface area contributed by atoms with E-state index in [2.05, 4.69) is 141 Å². The van der Waals surface area contributed by atoms with Crippen molar-refractivity contribution in [2.24, 2.45) is 0 Å². The minimum Gasteiger partial charge on any atom is -0.359 e. The van der Waals surface area contributed by atoms with Gasteiger partial charge in [0.05, 0.1) is 0 Å². The Kier molecular flexibility index (Phi) is 17.5. The van der Waals surface area contributed by atoms with Gasteiger partial charge in [-0.15, -0.1) is 0 Å². The predicted molar refractivity (Wildman–Crippen MR) is 240 cm³/mol. The molecule has 0 heterocycles. The second-order valence-corrected chi connectivity index (χ2v) is 14.5. The second-order valence-electron chi connectivity index (χ2n) is 14.5. The Morgan fingerprint density at radius 2 is 0.870 bits per heavy atom. The van der Waals surface area contributed by atoms with Gasteiger partial charge in [0, 0.05) is 52.0 Å². The number of hydrogen-bond donors (Lipinski definition) is 4. The lowest BCUT2D eigenvalue weighted by Crippen LogP contribution is -2.03. The van der Waals surface area contributed by atoms with Crippen LogP contribution in [0.2, 0.25) is 0 Å². The lowest BCUT2D eigenvalue weighted by Gasteiger charge is -2.15. The summed E-state index contributed by atoms with van der Waals surface area (Å²) in [6.07, 6.45) is 18.3. The maximum absolute atomic E-state index is 4.37. The van der Waals surface area contributed by atoms with Gasteiger partial charge in [0.2, 0.25) is 0 Å². The molecule has 0 unspecified atom stereocenters. The van der Waals surface area contributed by atoms with E-state index in [0.29, 0.717) is 6.42 Å². The first-order valence-corrected chi connectivity index (χ1v) is 20.1. The molecule has 0 radical (unpaired) electrons. The van der Waals surface area contributed by atoms with Gasteiger partial charge in [-0.2, -0.15) is 0 Å². The highest BCUT2D eigenvalue weighted by molar-refractivity contribution is 5.76. The topological polar surface area (TPSA) is 48.1 Å². The molecule has 0 aliphatic heterocycles. The highest BCUT2D eigenvalue weighted by atomic mass is 14.9. The average molecular weight is 721 g/mol. The molecular formula is C50H64N4. The second kappa shape index (κ2) is 22.8. The molecule has 2 aliphatic carbocycles. The molecule has 2 saturated carbocycles. The Morgan fingerprint density at radius 3 is 1.39 bits per heavy atom. The summed E-state index contributed by atoms with van der Waals surface area (Å²) in [4.78, 5) is 0. The fourth-order valence-corrected chi connectivity index (χ4v) is 6.47. The van der Waals surface area contributed by atoms with Crippen LogP contribution in [0.15, 0.2) is 147 Å². The van der Waals surface area contributed by atoms with E-state index >= 15 is 0 Å². The van der Waals surface area contributed by atoms with E-state index in [-0.39, 0.29) is 0 Å². The molecule has 54 heavy (non-hydrogen) atoms. The van der Waals surface area contributed by atoms with Crippen molar-refractivity contribution in [2.45, 2.75) is 104 Å². The summed E-state index contributed by atoms with van der Waals surface area (Å²) in [5.74, 6) is 0. The zero-order valence-electron chi connectivity index (χ0n) is 33.2. The van der Waals surface area contributed by atoms with Crippen molar-refractivity contribution in [3.05, 3.63) is 169 Å². The molecule has 0 atom stereocenters. The van der Waals surface area contributed by atoms with Gasteiger partial charge in [-0.25, -0.2) is 0 Å². The van der Waals surface area contributed by atoms with Gasteiger partial charge in [0.15, 0.2) is 0 Å². The monoisotopic (exact) mass is 721 g/mol. The van der Waals surface area contributed by atoms with Crippen LogP contribution in [-0.4, -0.2) is 0 Å². The molecule has 4 N–H and O–H groups in total. The van der Waals surface area contributed by atoms with E-state index in [4.69, 9.17) is 0 Å². The number of allylic oxidation sites excluding steroid dienone is 4. The first kappa shape index (κ1) is 41.5. The molecule has 4 heteroatoms. The summed E-state index contributed by atoms with van der Waals surface area (Å²) >= 11 is 0. The fourth-order valence-electron chi connectivity index (χ4n) is 6.47. The van der Waals surface area contributed by atoms with Crippen molar-refractivity contribution in [1.82, 2.24) is 0 Å². The summed E-state index contributed by atoms with van der Waals surface area (Å²) < 4.78 is 0. The molecule has 0 amide bonds. The number of rotatable bonds is 16. The zero-order valence-corrected chi connectivity index (χ0v) is 33.2. The molecule has 0 aromatic heterocycles. The maximum Gasteiger partial charge on any atom is 0.0387 e. The van der Waals surface area contributed by atoms with Crippen LogP contribution in [0.1, 0.15) is 113 Å². The van der Waals surface area contributed by atoms with Crippen LogP contribution < -0.4 is 21.3 Å². The Labute approximate surface area is 327 Å². The fraction of sp³-hybridized carbons (Fsp3) is 0.320. The van der Waals surface area contributed by atoms with Crippen molar-refractivity contribution in [3.63, 3.8) is 0 Å². The summed E-state index contributed by atoms with van der Waals surface area (Å²) in [5.41, 5.74) is 13.4. The quantitative estimate of drug-likeness (QED) is 0.0931. The average Bonchev–Trinajstić information content (AvgIpc) is 3.97. The standard InChI is InChI=1S/C40H44N4.2C5H10/c1-8-29(4)41-37-18-16-33(17-19-37)24-28(3)35-13-11-15-40(27-35)43-31(6)25-34-12-10-14-36(26-34)32(7)44-39-22-20-38(21-23-39)42-30(5)9-2;2*1-2-4-5-3-1/h10-23,26-27,41-44H,3-9,24-25H2,1-2H3;2*1-5H2. The van der Waals surface area contributed by atoms with Crippen LogP contribution in [-0.2, 0) is 12.8 Å². The summed E-state index contributed by atoms with van der Waals surface area (Å²) in [6, 6.07) is 33.3. The van der Waals surface area contributed by atoms with Crippen molar-refractivity contribution < 1.29 is 0 Å². The predicted octanol–water partition coefficient (Wildman–Crippen LogP) is 14.8. The van der Waals surface area contributed by atoms with Gasteiger partial charge in [-0.3, -0.25) is 0 Å². The van der Waals surface area contributed by atoms with E-state index in [0.717, 1.165) is 87.1 Å². The van der Waals surface area contributed by atoms with Gasteiger partial charge in [-0.05, 0) is 102 Å². The van der Waals surface area contributed by atoms with Crippen molar-refractivity contribution >= 4 is 34.0 Å². The first-order valence-electron chi connectivity index (χ1n) is 20.1. The van der Waals surface area contributed by atoms with E-state index in [9.17, 15) is 0 Å². The Morgan fingerprint density at radius 1 is 0.426 bits per heavy atom. The number of anilines is 4. The molecule has 4 nitrogen and oxygen atoms in total. The van der Waals surface area contributed by atoms with Gasteiger partial charge in [-0.1, -0.05) is 153 Å². The van der Waals surface area contributed by atoms with Gasteiger partial charge < -0.3 is 21.3 Å². The van der Waals surface area contributed by atoms with Crippen LogP contribution in [0, 0.1) is 0 Å². The first-order chi connectivity index (χ1) is 26.2. The molecule has 0 bridgehead atoms. The number of benzene rings is 4. The molecular weight excluding hydrogens is 657 g/mol. The van der Waals surface area contributed by atoms with Gasteiger partial charge in [0.25, 0.3) is 0 Å². The molecule has 2 aliphatic rings. The third-order valence-electron chi connectivity index (χ3n) is 9.83. The van der Waals surface area contributed by atoms with Crippen molar-refractivity contribution in [1.29, 1.82) is 0 Å². The van der Waals surface area contributed by atoms with Crippen molar-refractivity contribution in [2.75, 3.05) is 21.3 Å². The van der Waals surface area contributed by atoms with Gasteiger partial charge in [0.1, 0.15) is 0 Å². The Bertz CT molecular complexity index is 1660. The van der Waals surface area contributed by atoms with Crippen LogP contribution in [0.3, 0.4) is 0 Å². The van der Waals surface area contributed by atoms with Crippen molar-refractivity contribution in [3.8, 4) is 0 Å². The lowest BCUT2D eigenvalue weighted by molar-refractivity contribution is 0.886. The van der Waals surface area contributed by atoms with E-state index in [1.807, 2.05) is 24.3 Å². The van der Waals surface area contributed by atoms with Crippen LogP contribution in [0.25, 0.3) is 11.3 Å². The Balaban J connectivity index is 0.000000559. The van der Waals surface area contributed by atoms with Crippen LogP contribution >= 0.6 is 0 Å². The highest BCUT2D eigenvalue weighted by Gasteiger charge is 2.07. The summed E-state index contributed by atoms with van der Waals surface area (Å²) in [7, 11) is 0. The normalized spacial score (nSPS) is 12.9. The third kappa shape index (κ3) is 15.0. The molecule has 6 rings (SSSR count). The van der Waals surface area contributed by atoms with Crippen LogP contribution in [0.4, 0.5) is 22.7 Å². The molecule has 0 saturated heterocycles. The molecule has 284 valence electrons. The largest absolute Gasteiger partial charge is 0.359 e. The minimum absolute atomic E-state index is 0.693. The summed E-state index contributed by atoms with van der Waals surface area (Å²) in [5, 5.41) is 13.5. The molecule has 4 aromatic rings. The minimum atomic E-state index is 0.693. The molecule has 2 fully saturated rings. The molecule has 0 spiro atoms. The maximum atomic E-state index is 4.37. The number of nitrogens with one attached hydrogen (secondary N) is 4. The molecule has 4 aromatic carbocycles. The lowest BCUT2D eigenvalue weighted by atomic mass is 9.99. The van der Waals surface area contributed by atoms with Gasteiger partial charge >= 0.3 is 0 Å². The third-order valence-corrected chi connectivity index (χ3v) is 9.83. The number of hydrogen-bond acceptors (Lipinski definition) is 4. The van der Waals surface area contributed by atoms with E-state index in [1.54, 1.807) is 0 Å². The van der Waals surface area contributed by atoms with E-state index < -0.39 is 0 Å². The SMILES string of the molecule is C1CCCC1.C1CCCC1.C=C(CC)Nc1ccc(CC(=C)c2cccc(NC(=C)Cc3cccc(C(=C)Nc4ccc(NC(=C)CC)cc4)c3)c2)cc1. The van der Waals surface area contributed by atoms with E-state index in [1.165, 1.54) is 69.8 Å².